The molecule has 0 spiro atoms. The van der Waals surface area contributed by atoms with E-state index in [0.717, 1.165) is 31.2 Å². The third-order valence-corrected chi connectivity index (χ3v) is 5.37. The lowest BCUT2D eigenvalue weighted by Gasteiger charge is -2.03. The summed E-state index contributed by atoms with van der Waals surface area (Å²) in [4.78, 5) is 21.2. The Bertz CT molecular complexity index is 968. The van der Waals surface area contributed by atoms with Crippen LogP contribution in [-0.4, -0.2) is 26.2 Å². The highest BCUT2D eigenvalue weighted by atomic mass is 16.5. The van der Waals surface area contributed by atoms with E-state index >= 15 is 0 Å². The second-order valence-corrected chi connectivity index (χ2v) is 7.52. The van der Waals surface area contributed by atoms with Crippen LogP contribution in [0.3, 0.4) is 0 Å². The third kappa shape index (κ3) is 3.54. The monoisotopic (exact) mass is 379 g/mol. The van der Waals surface area contributed by atoms with Crippen molar-refractivity contribution in [3.8, 4) is 11.4 Å². The number of amides is 1. The second kappa shape index (κ2) is 7.18. The summed E-state index contributed by atoms with van der Waals surface area (Å²) in [7, 11) is 0. The number of hydrogen-bond acceptors (Lipinski definition) is 7. The lowest BCUT2D eigenvalue weighted by molar-refractivity contribution is 0.0949. The molecule has 28 heavy (non-hydrogen) atoms. The average Bonchev–Trinajstić information content (AvgIpc) is 3.16. The number of aromatic nitrogens is 4. The first-order chi connectivity index (χ1) is 13.8. The van der Waals surface area contributed by atoms with E-state index in [1.54, 1.807) is 12.1 Å². The van der Waals surface area contributed by atoms with E-state index in [9.17, 15) is 4.79 Å². The maximum absolute atomic E-state index is 12.4. The molecular formula is C20H21N5O3. The minimum Gasteiger partial charge on any atom is -0.345 e. The molecule has 2 heterocycles. The molecule has 1 N–H and O–H groups in total. The minimum atomic E-state index is -0.189. The fourth-order valence-electron chi connectivity index (χ4n) is 3.56. The van der Waals surface area contributed by atoms with Crippen LogP contribution in [0.4, 0.5) is 0 Å². The van der Waals surface area contributed by atoms with Crippen LogP contribution in [0.1, 0.15) is 78.3 Å². The summed E-state index contributed by atoms with van der Waals surface area (Å²) in [5.74, 6) is 3.06. The van der Waals surface area contributed by atoms with Crippen molar-refractivity contribution in [3.05, 3.63) is 47.4 Å². The first-order valence-electron chi connectivity index (χ1n) is 9.81. The van der Waals surface area contributed by atoms with Crippen LogP contribution < -0.4 is 5.32 Å². The van der Waals surface area contributed by atoms with E-state index < -0.39 is 0 Å². The molecule has 0 radical (unpaired) electrons. The van der Waals surface area contributed by atoms with Gasteiger partial charge in [0, 0.05) is 23.0 Å². The quantitative estimate of drug-likeness (QED) is 0.697. The summed E-state index contributed by atoms with van der Waals surface area (Å²) in [6.07, 6.45) is 6.85. The highest BCUT2D eigenvalue weighted by Crippen LogP contribution is 2.39. The zero-order valence-electron chi connectivity index (χ0n) is 15.4. The van der Waals surface area contributed by atoms with Gasteiger partial charge in [-0.15, -0.1) is 0 Å². The van der Waals surface area contributed by atoms with E-state index in [0.29, 0.717) is 40.8 Å². The predicted molar refractivity (Wildman–Crippen MR) is 98.4 cm³/mol. The van der Waals surface area contributed by atoms with Gasteiger partial charge in [-0.25, -0.2) is 0 Å². The van der Waals surface area contributed by atoms with Crippen molar-refractivity contribution in [2.45, 2.75) is 56.9 Å². The van der Waals surface area contributed by atoms with E-state index in [-0.39, 0.29) is 12.5 Å². The number of nitrogens with zero attached hydrogens (tertiary/aromatic N) is 4. The van der Waals surface area contributed by atoms with Gasteiger partial charge in [0.15, 0.2) is 5.82 Å². The van der Waals surface area contributed by atoms with Gasteiger partial charge in [-0.05, 0) is 37.8 Å². The van der Waals surface area contributed by atoms with Gasteiger partial charge in [-0.1, -0.05) is 35.3 Å². The Kier molecular flexibility index (Phi) is 4.38. The average molecular weight is 379 g/mol. The fourth-order valence-corrected chi connectivity index (χ4v) is 3.56. The molecule has 8 nitrogen and oxygen atoms in total. The maximum Gasteiger partial charge on any atom is 0.251 e. The molecule has 144 valence electrons. The largest absolute Gasteiger partial charge is 0.345 e. The molecule has 2 aliphatic rings. The van der Waals surface area contributed by atoms with E-state index in [1.807, 2.05) is 12.1 Å². The topological polar surface area (TPSA) is 107 Å². The summed E-state index contributed by atoms with van der Waals surface area (Å²) in [5, 5.41) is 10.8. The van der Waals surface area contributed by atoms with Gasteiger partial charge in [0.05, 0.1) is 6.54 Å². The van der Waals surface area contributed by atoms with Gasteiger partial charge in [-0.2, -0.15) is 9.97 Å². The molecule has 2 saturated carbocycles. The summed E-state index contributed by atoms with van der Waals surface area (Å²) < 4.78 is 10.6. The Morgan fingerprint density at radius 2 is 1.61 bits per heavy atom. The van der Waals surface area contributed by atoms with E-state index in [2.05, 4.69) is 25.6 Å². The van der Waals surface area contributed by atoms with Crippen LogP contribution in [-0.2, 0) is 6.54 Å². The first kappa shape index (κ1) is 17.1. The van der Waals surface area contributed by atoms with Crippen molar-refractivity contribution in [2.75, 3.05) is 0 Å². The van der Waals surface area contributed by atoms with Crippen LogP contribution in [0.25, 0.3) is 11.4 Å². The maximum atomic E-state index is 12.4. The van der Waals surface area contributed by atoms with E-state index in [1.165, 1.54) is 12.8 Å². The van der Waals surface area contributed by atoms with Crippen molar-refractivity contribution >= 4 is 5.91 Å². The Balaban J connectivity index is 1.19. The van der Waals surface area contributed by atoms with Crippen molar-refractivity contribution in [1.82, 2.24) is 25.6 Å². The van der Waals surface area contributed by atoms with Crippen molar-refractivity contribution in [2.24, 2.45) is 0 Å². The molecule has 2 fully saturated rings. The van der Waals surface area contributed by atoms with Crippen LogP contribution in [0.15, 0.2) is 33.3 Å². The van der Waals surface area contributed by atoms with Gasteiger partial charge in [0.25, 0.3) is 5.91 Å². The number of hydrogen-bond donors (Lipinski definition) is 1. The summed E-state index contributed by atoms with van der Waals surface area (Å²) >= 11 is 0. The first-order valence-corrected chi connectivity index (χ1v) is 9.81. The molecule has 0 bridgehead atoms. The van der Waals surface area contributed by atoms with Crippen molar-refractivity contribution in [3.63, 3.8) is 0 Å². The molecule has 1 amide bonds. The van der Waals surface area contributed by atoms with Gasteiger partial charge < -0.3 is 14.4 Å². The standard InChI is InChI=1S/C20H21N5O3/c26-18(21-11-16-22-19(27-24-16)14-3-1-2-4-14)13-7-5-12(6-8-13)17-23-20(28-25-17)15-9-10-15/h5-8,14-15H,1-4,9-11H2,(H,21,26). The molecule has 0 saturated heterocycles. The lowest BCUT2D eigenvalue weighted by Crippen LogP contribution is -2.23. The fraction of sp³-hybridized carbons (Fsp3) is 0.450. The Labute approximate surface area is 161 Å². The number of carbonyl (C=O) groups is 1. The van der Waals surface area contributed by atoms with Crippen LogP contribution in [0.2, 0.25) is 0 Å². The zero-order valence-corrected chi connectivity index (χ0v) is 15.4. The molecular weight excluding hydrogens is 358 g/mol. The predicted octanol–water partition coefficient (Wildman–Crippen LogP) is 3.58. The SMILES string of the molecule is O=C(NCc1noc(C2CCCC2)n1)c1ccc(-c2noc(C3CC3)n2)cc1. The Hall–Kier alpha value is -3.03. The van der Waals surface area contributed by atoms with Gasteiger partial charge in [-0.3, -0.25) is 4.79 Å². The molecule has 5 rings (SSSR count). The molecule has 2 aliphatic carbocycles. The smallest absolute Gasteiger partial charge is 0.251 e. The number of nitrogens with one attached hydrogen (secondary N) is 1. The number of benzene rings is 1. The van der Waals surface area contributed by atoms with E-state index in [4.69, 9.17) is 9.05 Å². The van der Waals surface area contributed by atoms with Crippen molar-refractivity contribution in [1.29, 1.82) is 0 Å². The number of rotatable bonds is 6. The highest BCUT2D eigenvalue weighted by molar-refractivity contribution is 5.94. The molecule has 3 aromatic rings. The highest BCUT2D eigenvalue weighted by Gasteiger charge is 2.29. The molecule has 0 unspecified atom stereocenters. The third-order valence-electron chi connectivity index (χ3n) is 5.37. The second-order valence-electron chi connectivity index (χ2n) is 7.52. The number of carbonyl (C=O) groups excluding carboxylic acids is 1. The normalized spacial score (nSPS) is 17.1. The molecule has 0 aliphatic heterocycles. The van der Waals surface area contributed by atoms with Crippen LogP contribution >= 0.6 is 0 Å². The summed E-state index contributed by atoms with van der Waals surface area (Å²) in [6.45, 7) is 0.242. The Morgan fingerprint density at radius 1 is 0.929 bits per heavy atom. The molecule has 0 atom stereocenters. The van der Waals surface area contributed by atoms with Crippen LogP contribution in [0, 0.1) is 0 Å². The molecule has 2 aromatic heterocycles. The van der Waals surface area contributed by atoms with Gasteiger partial charge >= 0.3 is 0 Å². The minimum absolute atomic E-state index is 0.189. The molecule has 1 aromatic carbocycles. The van der Waals surface area contributed by atoms with Crippen molar-refractivity contribution < 1.29 is 13.8 Å². The van der Waals surface area contributed by atoms with Crippen LogP contribution in [0.5, 0.6) is 0 Å². The Morgan fingerprint density at radius 3 is 2.36 bits per heavy atom. The lowest BCUT2D eigenvalue weighted by atomic mass is 10.1. The van der Waals surface area contributed by atoms with Gasteiger partial charge in [0.1, 0.15) is 0 Å². The summed E-state index contributed by atoms with van der Waals surface area (Å²) in [6, 6.07) is 7.14. The zero-order chi connectivity index (χ0) is 18.9. The summed E-state index contributed by atoms with van der Waals surface area (Å²) in [5.41, 5.74) is 1.38. The van der Waals surface area contributed by atoms with Gasteiger partial charge in [0.2, 0.25) is 17.6 Å². The molecule has 8 heteroatoms.